The highest BCUT2D eigenvalue weighted by atomic mass is 79.9. The molecule has 0 saturated carbocycles. The number of benzene rings is 2. The number of hydrogen-bond acceptors (Lipinski definition) is 2. The summed E-state index contributed by atoms with van der Waals surface area (Å²) in [6, 6.07) is 13.2. The average Bonchev–Trinajstić information content (AvgIpc) is 2.34. The molecular weight excluding hydrogens is 302 g/mol. The maximum Gasteiger partial charge on any atom is 0.146 e. The molecule has 0 radical (unpaired) electrons. The summed E-state index contributed by atoms with van der Waals surface area (Å²) in [6.45, 7) is 0.467. The monoisotopic (exact) mass is 311 g/mol. The summed E-state index contributed by atoms with van der Waals surface area (Å²) < 4.78 is 6.61. The topological polar surface area (TPSA) is 35.2 Å². The first-order valence-electron chi connectivity index (χ1n) is 5.11. The highest BCUT2D eigenvalue weighted by Crippen LogP contribution is 2.33. The van der Waals surface area contributed by atoms with E-state index in [4.69, 9.17) is 22.1 Å². The second-order valence-electron chi connectivity index (χ2n) is 3.50. The van der Waals surface area contributed by atoms with E-state index < -0.39 is 0 Å². The quantitative estimate of drug-likeness (QED) is 0.914. The second-order valence-corrected chi connectivity index (χ2v) is 4.76. The SMILES string of the molecule is NCc1ccc(Oc2ccccc2Br)c(Cl)c1. The highest BCUT2D eigenvalue weighted by Gasteiger charge is 2.06. The van der Waals surface area contributed by atoms with E-state index in [0.29, 0.717) is 17.3 Å². The Morgan fingerprint density at radius 3 is 2.53 bits per heavy atom. The first-order chi connectivity index (χ1) is 8.20. The lowest BCUT2D eigenvalue weighted by molar-refractivity contribution is 0.479. The summed E-state index contributed by atoms with van der Waals surface area (Å²) in [5.74, 6) is 1.35. The van der Waals surface area contributed by atoms with Gasteiger partial charge in [-0.25, -0.2) is 0 Å². The Labute approximate surface area is 113 Å². The maximum atomic E-state index is 6.11. The summed E-state index contributed by atoms with van der Waals surface area (Å²) >= 11 is 9.53. The molecule has 0 aliphatic rings. The van der Waals surface area contributed by atoms with E-state index >= 15 is 0 Å². The van der Waals surface area contributed by atoms with Gasteiger partial charge in [0.25, 0.3) is 0 Å². The lowest BCUT2D eigenvalue weighted by Gasteiger charge is -2.09. The molecule has 0 spiro atoms. The molecular formula is C13H11BrClNO. The molecule has 2 aromatic carbocycles. The van der Waals surface area contributed by atoms with Crippen LogP contribution in [0.4, 0.5) is 0 Å². The van der Waals surface area contributed by atoms with E-state index in [9.17, 15) is 0 Å². The molecule has 0 aliphatic carbocycles. The van der Waals surface area contributed by atoms with E-state index in [0.717, 1.165) is 15.8 Å². The fraction of sp³-hybridized carbons (Fsp3) is 0.0769. The summed E-state index contributed by atoms with van der Waals surface area (Å²) in [7, 11) is 0. The summed E-state index contributed by atoms with van der Waals surface area (Å²) in [5, 5.41) is 0.559. The van der Waals surface area contributed by atoms with Gasteiger partial charge in [0.15, 0.2) is 0 Å². The number of halogens is 2. The third-order valence-corrected chi connectivity index (χ3v) is 3.24. The molecule has 4 heteroatoms. The van der Waals surface area contributed by atoms with Crippen LogP contribution in [0.15, 0.2) is 46.9 Å². The molecule has 2 rings (SSSR count). The first-order valence-corrected chi connectivity index (χ1v) is 6.28. The zero-order chi connectivity index (χ0) is 12.3. The summed E-state index contributed by atoms with van der Waals surface area (Å²) in [5.41, 5.74) is 6.52. The van der Waals surface area contributed by atoms with Gasteiger partial charge in [0, 0.05) is 6.54 Å². The Hall–Kier alpha value is -1.03. The highest BCUT2D eigenvalue weighted by molar-refractivity contribution is 9.10. The van der Waals surface area contributed by atoms with Crippen molar-refractivity contribution in [1.29, 1.82) is 0 Å². The van der Waals surface area contributed by atoms with Crippen molar-refractivity contribution in [3.63, 3.8) is 0 Å². The predicted molar refractivity (Wildman–Crippen MR) is 73.6 cm³/mol. The van der Waals surface area contributed by atoms with Crippen LogP contribution >= 0.6 is 27.5 Å². The van der Waals surface area contributed by atoms with Crippen LogP contribution in [0.25, 0.3) is 0 Å². The van der Waals surface area contributed by atoms with Gasteiger partial charge in [-0.3, -0.25) is 0 Å². The van der Waals surface area contributed by atoms with Crippen molar-refractivity contribution in [2.24, 2.45) is 5.73 Å². The molecule has 0 amide bonds. The Morgan fingerprint density at radius 1 is 1.12 bits per heavy atom. The Kier molecular flexibility index (Phi) is 4.05. The zero-order valence-corrected chi connectivity index (χ0v) is 11.3. The van der Waals surface area contributed by atoms with Crippen LogP contribution in [-0.4, -0.2) is 0 Å². The minimum Gasteiger partial charge on any atom is -0.455 e. The van der Waals surface area contributed by atoms with Gasteiger partial charge in [-0.15, -0.1) is 0 Å². The molecule has 17 heavy (non-hydrogen) atoms. The number of nitrogens with two attached hydrogens (primary N) is 1. The largest absolute Gasteiger partial charge is 0.455 e. The van der Waals surface area contributed by atoms with E-state index in [1.54, 1.807) is 0 Å². The van der Waals surface area contributed by atoms with Crippen LogP contribution in [0.3, 0.4) is 0 Å². The van der Waals surface area contributed by atoms with Gasteiger partial charge < -0.3 is 10.5 Å². The Balaban J connectivity index is 2.28. The smallest absolute Gasteiger partial charge is 0.146 e. The summed E-state index contributed by atoms with van der Waals surface area (Å²) in [6.07, 6.45) is 0. The van der Waals surface area contributed by atoms with Crippen molar-refractivity contribution < 1.29 is 4.74 Å². The van der Waals surface area contributed by atoms with E-state index in [-0.39, 0.29) is 0 Å². The summed E-state index contributed by atoms with van der Waals surface area (Å²) in [4.78, 5) is 0. The number of ether oxygens (including phenoxy) is 1. The second kappa shape index (κ2) is 5.54. The molecule has 0 unspecified atom stereocenters. The van der Waals surface area contributed by atoms with Crippen LogP contribution in [0, 0.1) is 0 Å². The molecule has 0 fully saturated rings. The lowest BCUT2D eigenvalue weighted by Crippen LogP contribution is -1.96. The minimum atomic E-state index is 0.467. The standard InChI is InChI=1S/C13H11BrClNO/c14-10-3-1-2-4-12(10)17-13-6-5-9(8-16)7-11(13)15/h1-7H,8,16H2. The predicted octanol–water partition coefficient (Wildman–Crippen LogP) is 4.35. The van der Waals surface area contributed by atoms with Gasteiger partial charge in [-0.2, -0.15) is 0 Å². The number of hydrogen-bond donors (Lipinski definition) is 1. The molecule has 2 aromatic rings. The van der Waals surface area contributed by atoms with Crippen molar-refractivity contribution in [2.45, 2.75) is 6.54 Å². The van der Waals surface area contributed by atoms with E-state index in [2.05, 4.69) is 15.9 Å². The molecule has 88 valence electrons. The van der Waals surface area contributed by atoms with Crippen molar-refractivity contribution in [2.75, 3.05) is 0 Å². The number of rotatable bonds is 3. The Bertz CT molecular complexity index is 531. The van der Waals surface area contributed by atoms with Crippen molar-refractivity contribution in [1.82, 2.24) is 0 Å². The molecule has 0 atom stereocenters. The van der Waals surface area contributed by atoms with Gasteiger partial charge in [0.05, 0.1) is 9.50 Å². The molecule has 2 nitrogen and oxygen atoms in total. The zero-order valence-electron chi connectivity index (χ0n) is 8.99. The van der Waals surface area contributed by atoms with Crippen molar-refractivity contribution >= 4 is 27.5 Å². The lowest BCUT2D eigenvalue weighted by atomic mass is 10.2. The van der Waals surface area contributed by atoms with Crippen LogP contribution < -0.4 is 10.5 Å². The maximum absolute atomic E-state index is 6.11. The third-order valence-electron chi connectivity index (χ3n) is 2.29. The normalized spacial score (nSPS) is 10.3. The fourth-order valence-corrected chi connectivity index (χ4v) is 2.01. The van der Waals surface area contributed by atoms with Gasteiger partial charge in [0.1, 0.15) is 11.5 Å². The van der Waals surface area contributed by atoms with Crippen molar-refractivity contribution in [3.8, 4) is 11.5 Å². The molecule has 0 aliphatic heterocycles. The first kappa shape index (κ1) is 12.4. The van der Waals surface area contributed by atoms with Gasteiger partial charge in [-0.1, -0.05) is 29.8 Å². The van der Waals surface area contributed by atoms with E-state index in [1.807, 2.05) is 42.5 Å². The third kappa shape index (κ3) is 3.00. The molecule has 0 saturated heterocycles. The Morgan fingerprint density at radius 2 is 1.88 bits per heavy atom. The fourth-order valence-electron chi connectivity index (χ4n) is 1.40. The van der Waals surface area contributed by atoms with Crippen LogP contribution in [0.5, 0.6) is 11.5 Å². The molecule has 0 bridgehead atoms. The molecule has 2 N–H and O–H groups in total. The van der Waals surface area contributed by atoms with Crippen LogP contribution in [0.1, 0.15) is 5.56 Å². The van der Waals surface area contributed by atoms with Gasteiger partial charge in [-0.05, 0) is 45.8 Å². The minimum absolute atomic E-state index is 0.467. The van der Waals surface area contributed by atoms with Gasteiger partial charge >= 0.3 is 0 Å². The molecule has 0 heterocycles. The number of para-hydroxylation sites is 1. The van der Waals surface area contributed by atoms with Gasteiger partial charge in [0.2, 0.25) is 0 Å². The van der Waals surface area contributed by atoms with E-state index in [1.165, 1.54) is 0 Å². The van der Waals surface area contributed by atoms with Crippen LogP contribution in [-0.2, 0) is 6.54 Å². The van der Waals surface area contributed by atoms with Crippen molar-refractivity contribution in [3.05, 3.63) is 57.5 Å². The van der Waals surface area contributed by atoms with Crippen LogP contribution in [0.2, 0.25) is 5.02 Å². The molecule has 0 aromatic heterocycles. The average molecular weight is 313 g/mol.